The highest BCUT2D eigenvalue weighted by Gasteiger charge is 2.27. The van der Waals surface area contributed by atoms with Gasteiger partial charge in [0.2, 0.25) is 10.0 Å². The highest BCUT2D eigenvalue weighted by Crippen LogP contribution is 2.21. The van der Waals surface area contributed by atoms with E-state index in [9.17, 15) is 21.6 Å². The molecule has 1 N–H and O–H groups in total. The maximum atomic E-state index is 11.8. The highest BCUT2D eigenvalue weighted by molar-refractivity contribution is 7.89. The first kappa shape index (κ1) is 16.2. The number of unbranched alkanes of at least 4 members (excludes halogenated alkanes) is 2. The molecule has 0 radical (unpaired) electrons. The predicted molar refractivity (Wildman–Crippen MR) is 56.5 cm³/mol. The molecule has 0 fully saturated rings. The molecule has 17 heavy (non-hydrogen) atoms. The molecule has 0 aliphatic heterocycles. The Labute approximate surface area is 98.9 Å². The first-order chi connectivity index (χ1) is 7.77. The van der Waals surface area contributed by atoms with Crippen LogP contribution in [-0.4, -0.2) is 26.9 Å². The minimum Gasteiger partial charge on any atom is -0.215 e. The van der Waals surface area contributed by atoms with Crippen molar-refractivity contribution in [3.05, 3.63) is 0 Å². The normalized spacial score (nSPS) is 12.4. The van der Waals surface area contributed by atoms with Crippen molar-refractivity contribution in [2.24, 2.45) is 0 Å². The number of nitrogens with one attached hydrogen (secondary N) is 1. The van der Waals surface area contributed by atoms with Gasteiger partial charge >= 0.3 is 6.18 Å². The Kier molecular flexibility index (Phi) is 7.15. The van der Waals surface area contributed by atoms with Crippen LogP contribution in [0.25, 0.3) is 0 Å². The Hall–Kier alpha value is -0.810. The number of sulfonamides is 1. The maximum absolute atomic E-state index is 11.8. The molecule has 0 aromatic carbocycles. The lowest BCUT2D eigenvalue weighted by molar-refractivity contribution is -0.134. The first-order valence-corrected chi connectivity index (χ1v) is 6.83. The number of rotatable bonds is 8. The summed E-state index contributed by atoms with van der Waals surface area (Å²) >= 11 is 0. The number of alkyl halides is 3. The molecule has 0 unspecified atom stereocenters. The lowest BCUT2D eigenvalue weighted by Gasteiger charge is -2.07. The van der Waals surface area contributed by atoms with Gasteiger partial charge in [0, 0.05) is 19.4 Å². The third-order valence-corrected chi connectivity index (χ3v) is 3.38. The molecule has 0 atom stereocenters. The van der Waals surface area contributed by atoms with Gasteiger partial charge in [-0.05, 0) is 19.3 Å². The van der Waals surface area contributed by atoms with Crippen molar-refractivity contribution in [1.82, 2.24) is 4.72 Å². The van der Waals surface area contributed by atoms with Crippen molar-refractivity contribution in [1.29, 1.82) is 5.26 Å². The summed E-state index contributed by atoms with van der Waals surface area (Å²) in [6.07, 6.45) is -4.43. The molecule has 100 valence electrons. The fourth-order valence-electron chi connectivity index (χ4n) is 1.09. The van der Waals surface area contributed by atoms with Crippen molar-refractivity contribution < 1.29 is 21.6 Å². The molecule has 0 aromatic rings. The fraction of sp³-hybridized carbons (Fsp3) is 0.889. The Morgan fingerprint density at radius 2 is 1.82 bits per heavy atom. The summed E-state index contributed by atoms with van der Waals surface area (Å²) < 4.78 is 59.9. The molecule has 0 saturated heterocycles. The number of hydrogen-bond acceptors (Lipinski definition) is 3. The third kappa shape index (κ3) is 11.5. The summed E-state index contributed by atoms with van der Waals surface area (Å²) in [4.78, 5) is 0. The Morgan fingerprint density at radius 1 is 1.18 bits per heavy atom. The Morgan fingerprint density at radius 3 is 2.35 bits per heavy atom. The van der Waals surface area contributed by atoms with Crippen molar-refractivity contribution in [2.45, 2.75) is 38.3 Å². The van der Waals surface area contributed by atoms with Gasteiger partial charge in [-0.15, -0.1) is 0 Å². The van der Waals surface area contributed by atoms with Gasteiger partial charge in [-0.25, -0.2) is 13.1 Å². The second-order valence-electron chi connectivity index (χ2n) is 3.55. The van der Waals surface area contributed by atoms with Gasteiger partial charge in [0.15, 0.2) is 0 Å². The monoisotopic (exact) mass is 272 g/mol. The van der Waals surface area contributed by atoms with Gasteiger partial charge in [0.25, 0.3) is 0 Å². The molecule has 4 nitrogen and oxygen atoms in total. The maximum Gasteiger partial charge on any atom is 0.389 e. The van der Waals surface area contributed by atoms with Crippen LogP contribution in [0.1, 0.15) is 32.1 Å². The van der Waals surface area contributed by atoms with Crippen LogP contribution in [0.2, 0.25) is 0 Å². The van der Waals surface area contributed by atoms with E-state index in [2.05, 4.69) is 4.72 Å². The van der Waals surface area contributed by atoms with Crippen molar-refractivity contribution in [3.8, 4) is 6.07 Å². The van der Waals surface area contributed by atoms with Crippen LogP contribution in [-0.2, 0) is 10.0 Å². The first-order valence-electron chi connectivity index (χ1n) is 5.18. The van der Waals surface area contributed by atoms with Crippen molar-refractivity contribution in [3.63, 3.8) is 0 Å². The van der Waals surface area contributed by atoms with Crippen molar-refractivity contribution in [2.75, 3.05) is 12.3 Å². The molecule has 0 aromatic heterocycles. The topological polar surface area (TPSA) is 70.0 Å². The van der Waals surface area contributed by atoms with Crippen LogP contribution in [0.4, 0.5) is 13.2 Å². The zero-order valence-corrected chi connectivity index (χ0v) is 10.1. The highest BCUT2D eigenvalue weighted by atomic mass is 32.2. The average molecular weight is 272 g/mol. The Balaban J connectivity index is 3.71. The lowest BCUT2D eigenvalue weighted by Crippen LogP contribution is -2.28. The lowest BCUT2D eigenvalue weighted by atomic mass is 10.2. The van der Waals surface area contributed by atoms with Crippen molar-refractivity contribution >= 4 is 10.0 Å². The summed E-state index contributed by atoms with van der Waals surface area (Å²) in [6, 6.07) is 1.91. The smallest absolute Gasteiger partial charge is 0.215 e. The molecule has 8 heteroatoms. The number of nitrogens with zero attached hydrogens (tertiary/aromatic N) is 1. The summed E-state index contributed by atoms with van der Waals surface area (Å²) in [7, 11) is -3.62. The predicted octanol–water partition coefficient (Wildman–Crippen LogP) is 1.94. The number of halogens is 3. The third-order valence-electron chi connectivity index (χ3n) is 1.91. The molecule has 0 spiro atoms. The molecular weight excluding hydrogens is 257 g/mol. The van der Waals surface area contributed by atoms with E-state index < -0.39 is 34.8 Å². The van der Waals surface area contributed by atoms with E-state index in [1.807, 2.05) is 6.07 Å². The van der Waals surface area contributed by atoms with Crippen LogP contribution in [0.15, 0.2) is 0 Å². The molecule has 0 aliphatic carbocycles. The van der Waals surface area contributed by atoms with Crippen LogP contribution in [0.3, 0.4) is 0 Å². The van der Waals surface area contributed by atoms with E-state index in [-0.39, 0.29) is 6.54 Å². The second kappa shape index (κ2) is 7.50. The molecular formula is C9H15F3N2O2S. The summed E-state index contributed by atoms with van der Waals surface area (Å²) in [5.41, 5.74) is 0. The van der Waals surface area contributed by atoms with Crippen LogP contribution < -0.4 is 4.72 Å². The van der Waals surface area contributed by atoms with Crippen LogP contribution >= 0.6 is 0 Å². The minimum atomic E-state index is -4.32. The minimum absolute atomic E-state index is 0.163. The van der Waals surface area contributed by atoms with E-state index >= 15 is 0 Å². The van der Waals surface area contributed by atoms with E-state index in [0.717, 1.165) is 0 Å². The summed E-state index contributed by atoms with van der Waals surface area (Å²) in [6.45, 7) is 0.163. The Bertz CT molecular complexity index is 346. The summed E-state index contributed by atoms with van der Waals surface area (Å²) in [5, 5.41) is 8.22. The van der Waals surface area contributed by atoms with Crippen LogP contribution in [0, 0.1) is 11.3 Å². The van der Waals surface area contributed by atoms with E-state index in [4.69, 9.17) is 5.26 Å². The second-order valence-corrected chi connectivity index (χ2v) is 5.47. The average Bonchev–Trinajstić information content (AvgIpc) is 2.14. The van der Waals surface area contributed by atoms with Gasteiger partial charge in [-0.1, -0.05) is 0 Å². The van der Waals surface area contributed by atoms with E-state index in [0.29, 0.717) is 19.3 Å². The zero-order chi connectivity index (χ0) is 13.4. The number of hydrogen-bond donors (Lipinski definition) is 1. The van der Waals surface area contributed by atoms with Gasteiger partial charge in [0.1, 0.15) is 0 Å². The van der Waals surface area contributed by atoms with Gasteiger partial charge < -0.3 is 0 Å². The zero-order valence-electron chi connectivity index (χ0n) is 9.26. The molecule has 0 aliphatic rings. The standard InChI is InChI=1S/C9H15F3N2O2S/c10-9(11,12)5-4-8-17(15,16)14-7-3-1-2-6-13/h14H,1-5,7-8H2. The molecule has 0 heterocycles. The molecule has 0 bridgehead atoms. The van der Waals surface area contributed by atoms with E-state index in [1.165, 1.54) is 0 Å². The quantitative estimate of drug-likeness (QED) is 0.686. The molecule has 0 saturated carbocycles. The number of nitriles is 1. The van der Waals surface area contributed by atoms with E-state index in [1.54, 1.807) is 0 Å². The van der Waals surface area contributed by atoms with Crippen LogP contribution in [0.5, 0.6) is 0 Å². The summed E-state index contributed by atoms with van der Waals surface area (Å²) in [5.74, 6) is -0.523. The largest absolute Gasteiger partial charge is 0.389 e. The van der Waals surface area contributed by atoms with Gasteiger partial charge in [-0.3, -0.25) is 0 Å². The van der Waals surface area contributed by atoms with Gasteiger partial charge in [0.05, 0.1) is 11.8 Å². The fourth-order valence-corrected chi connectivity index (χ4v) is 2.22. The molecule has 0 rings (SSSR count). The van der Waals surface area contributed by atoms with Gasteiger partial charge in [-0.2, -0.15) is 18.4 Å². The molecule has 0 amide bonds. The SMILES string of the molecule is N#CCCCCNS(=O)(=O)CCCC(F)(F)F.